The van der Waals surface area contributed by atoms with Crippen LogP contribution in [0.25, 0.3) is 0 Å². The van der Waals surface area contributed by atoms with Crippen LogP contribution in [-0.4, -0.2) is 9.78 Å². The highest BCUT2D eigenvalue weighted by Gasteiger charge is 2.12. The van der Waals surface area contributed by atoms with Gasteiger partial charge >= 0.3 is 0 Å². The molecule has 18 heavy (non-hydrogen) atoms. The molecule has 1 aromatic carbocycles. The Bertz CT molecular complexity index is 592. The van der Waals surface area contributed by atoms with Gasteiger partial charge < -0.3 is 5.32 Å². The first-order valence-corrected chi connectivity index (χ1v) is 5.87. The van der Waals surface area contributed by atoms with Crippen molar-refractivity contribution in [2.75, 3.05) is 5.32 Å². The zero-order chi connectivity index (χ0) is 13.1. The van der Waals surface area contributed by atoms with Crippen molar-refractivity contribution in [1.29, 1.82) is 5.26 Å². The average Bonchev–Trinajstić information content (AvgIpc) is 2.69. The number of nitrogens with zero attached hydrogens (tertiary/aromatic N) is 3. The number of nitrogens with one attached hydrogen (secondary N) is 1. The minimum absolute atomic E-state index is 0.119. The lowest BCUT2D eigenvalue weighted by Gasteiger charge is -2.15. The summed E-state index contributed by atoms with van der Waals surface area (Å²) in [6, 6.07) is 9.82. The Hall–Kier alpha value is -2.28. The van der Waals surface area contributed by atoms with Crippen LogP contribution in [0, 0.1) is 18.3 Å². The van der Waals surface area contributed by atoms with Gasteiger partial charge in [0.1, 0.15) is 6.07 Å². The fraction of sp³-hybridized carbons (Fsp3) is 0.286. The van der Waals surface area contributed by atoms with E-state index >= 15 is 0 Å². The summed E-state index contributed by atoms with van der Waals surface area (Å²) in [4.78, 5) is 0. The van der Waals surface area contributed by atoms with E-state index in [4.69, 9.17) is 5.26 Å². The lowest BCUT2D eigenvalue weighted by atomic mass is 10.1. The van der Waals surface area contributed by atoms with E-state index < -0.39 is 0 Å². The minimum Gasteiger partial charge on any atom is -0.377 e. The quantitative estimate of drug-likeness (QED) is 0.897. The smallest absolute Gasteiger partial charge is 0.101 e. The summed E-state index contributed by atoms with van der Waals surface area (Å²) in [6.07, 6.45) is 2.00. The van der Waals surface area contributed by atoms with Crippen LogP contribution in [0.5, 0.6) is 0 Å². The van der Waals surface area contributed by atoms with Crippen LogP contribution in [0.4, 0.5) is 5.69 Å². The normalized spacial score (nSPS) is 11.9. The van der Waals surface area contributed by atoms with Gasteiger partial charge in [-0.1, -0.05) is 12.1 Å². The predicted octanol–water partition coefficient (Wildman–Crippen LogP) is 2.77. The fourth-order valence-corrected chi connectivity index (χ4v) is 2.06. The highest BCUT2D eigenvalue weighted by Crippen LogP contribution is 2.23. The number of para-hydroxylation sites is 1. The second-order valence-corrected chi connectivity index (χ2v) is 4.37. The van der Waals surface area contributed by atoms with E-state index in [0.717, 1.165) is 16.9 Å². The van der Waals surface area contributed by atoms with Crippen LogP contribution in [0.3, 0.4) is 0 Å². The first-order valence-electron chi connectivity index (χ1n) is 5.87. The summed E-state index contributed by atoms with van der Waals surface area (Å²) in [6.45, 7) is 4.06. The molecule has 0 saturated carbocycles. The van der Waals surface area contributed by atoms with Gasteiger partial charge in [-0.25, -0.2) is 0 Å². The maximum Gasteiger partial charge on any atom is 0.101 e. The fourth-order valence-electron chi connectivity index (χ4n) is 2.06. The summed E-state index contributed by atoms with van der Waals surface area (Å²) in [5.74, 6) is 0. The summed E-state index contributed by atoms with van der Waals surface area (Å²) in [5.41, 5.74) is 3.67. The maximum absolute atomic E-state index is 9.05. The Kier molecular flexibility index (Phi) is 3.33. The standard InChI is InChI=1S/C14H16N4/c1-10(13-9-18(3)17-11(13)2)16-14-7-5-4-6-12(14)8-15/h4-7,9-10,16H,1-3H3. The first-order chi connectivity index (χ1) is 8.61. The molecule has 0 aliphatic carbocycles. The molecule has 1 N–H and O–H groups in total. The first kappa shape index (κ1) is 12.2. The second kappa shape index (κ2) is 4.92. The number of rotatable bonds is 3. The van der Waals surface area contributed by atoms with Crippen LogP contribution < -0.4 is 5.32 Å². The monoisotopic (exact) mass is 240 g/mol. The average molecular weight is 240 g/mol. The summed E-state index contributed by atoms with van der Waals surface area (Å²) in [7, 11) is 1.91. The molecule has 0 fully saturated rings. The van der Waals surface area contributed by atoms with E-state index in [1.54, 1.807) is 4.68 Å². The van der Waals surface area contributed by atoms with Crippen molar-refractivity contribution >= 4 is 5.69 Å². The third kappa shape index (κ3) is 2.35. The Morgan fingerprint density at radius 1 is 1.39 bits per heavy atom. The molecule has 0 bridgehead atoms. The van der Waals surface area contributed by atoms with Gasteiger partial charge in [-0.05, 0) is 26.0 Å². The highest BCUT2D eigenvalue weighted by atomic mass is 15.3. The van der Waals surface area contributed by atoms with Gasteiger partial charge in [-0.15, -0.1) is 0 Å². The maximum atomic E-state index is 9.05. The van der Waals surface area contributed by atoms with Gasteiger partial charge in [0.25, 0.3) is 0 Å². The molecule has 0 saturated heterocycles. The van der Waals surface area contributed by atoms with Crippen molar-refractivity contribution in [3.63, 3.8) is 0 Å². The van der Waals surface area contributed by atoms with E-state index in [0.29, 0.717) is 5.56 Å². The van der Waals surface area contributed by atoms with Gasteiger partial charge in [0.2, 0.25) is 0 Å². The van der Waals surface area contributed by atoms with E-state index in [9.17, 15) is 0 Å². The van der Waals surface area contributed by atoms with Crippen molar-refractivity contribution in [3.05, 3.63) is 47.3 Å². The molecule has 0 aliphatic rings. The molecule has 0 amide bonds. The zero-order valence-corrected chi connectivity index (χ0v) is 10.8. The third-order valence-electron chi connectivity index (χ3n) is 2.94. The number of anilines is 1. The summed E-state index contributed by atoms with van der Waals surface area (Å²) >= 11 is 0. The molecule has 4 heteroatoms. The van der Waals surface area contributed by atoms with Crippen molar-refractivity contribution < 1.29 is 0 Å². The molecule has 4 nitrogen and oxygen atoms in total. The molecule has 1 heterocycles. The van der Waals surface area contributed by atoms with Crippen molar-refractivity contribution in [1.82, 2.24) is 9.78 Å². The van der Waals surface area contributed by atoms with Gasteiger partial charge in [0, 0.05) is 18.8 Å². The zero-order valence-electron chi connectivity index (χ0n) is 10.8. The van der Waals surface area contributed by atoms with Crippen LogP contribution >= 0.6 is 0 Å². The molecular weight excluding hydrogens is 224 g/mol. The molecule has 92 valence electrons. The Morgan fingerprint density at radius 2 is 2.11 bits per heavy atom. The molecule has 0 aliphatic heterocycles. The molecule has 2 rings (SSSR count). The lowest BCUT2D eigenvalue weighted by molar-refractivity contribution is 0.756. The lowest BCUT2D eigenvalue weighted by Crippen LogP contribution is -2.08. The van der Waals surface area contributed by atoms with Crippen molar-refractivity contribution in [3.8, 4) is 6.07 Å². The minimum atomic E-state index is 0.119. The third-order valence-corrected chi connectivity index (χ3v) is 2.94. The van der Waals surface area contributed by atoms with Crippen molar-refractivity contribution in [2.24, 2.45) is 7.05 Å². The Balaban J connectivity index is 2.24. The number of aryl methyl sites for hydroxylation is 2. The number of hydrogen-bond donors (Lipinski definition) is 1. The van der Waals surface area contributed by atoms with Crippen LogP contribution in [0.1, 0.15) is 29.8 Å². The largest absolute Gasteiger partial charge is 0.377 e. The second-order valence-electron chi connectivity index (χ2n) is 4.37. The summed E-state index contributed by atoms with van der Waals surface area (Å²) in [5, 5.41) is 16.7. The van der Waals surface area contributed by atoms with Crippen LogP contribution in [-0.2, 0) is 7.05 Å². The molecule has 1 unspecified atom stereocenters. The summed E-state index contributed by atoms with van der Waals surface area (Å²) < 4.78 is 1.80. The van der Waals surface area contributed by atoms with Crippen LogP contribution in [0.2, 0.25) is 0 Å². The number of hydrogen-bond acceptors (Lipinski definition) is 3. The Labute approximate surface area is 107 Å². The Morgan fingerprint density at radius 3 is 2.72 bits per heavy atom. The number of benzene rings is 1. The van der Waals surface area contributed by atoms with Crippen LogP contribution in [0.15, 0.2) is 30.5 Å². The SMILES string of the molecule is Cc1nn(C)cc1C(C)Nc1ccccc1C#N. The molecule has 2 aromatic rings. The van der Waals surface area contributed by atoms with Gasteiger partial charge in [0.05, 0.1) is 23.0 Å². The van der Waals surface area contributed by atoms with E-state index in [1.807, 2.05) is 44.4 Å². The van der Waals surface area contributed by atoms with Gasteiger partial charge in [0.15, 0.2) is 0 Å². The van der Waals surface area contributed by atoms with Crippen molar-refractivity contribution in [2.45, 2.75) is 19.9 Å². The number of aromatic nitrogens is 2. The van der Waals surface area contributed by atoms with E-state index in [2.05, 4.69) is 23.4 Å². The molecule has 1 aromatic heterocycles. The predicted molar refractivity (Wildman–Crippen MR) is 71.1 cm³/mol. The molecule has 1 atom stereocenters. The van der Waals surface area contributed by atoms with Gasteiger partial charge in [-0.3, -0.25) is 4.68 Å². The van der Waals surface area contributed by atoms with Gasteiger partial charge in [-0.2, -0.15) is 10.4 Å². The molecule has 0 radical (unpaired) electrons. The highest BCUT2D eigenvalue weighted by molar-refractivity contribution is 5.58. The van der Waals surface area contributed by atoms with E-state index in [1.165, 1.54) is 0 Å². The van der Waals surface area contributed by atoms with E-state index in [-0.39, 0.29) is 6.04 Å². The molecule has 0 spiro atoms. The number of nitriles is 1. The topological polar surface area (TPSA) is 53.6 Å². The molecular formula is C14H16N4.